The molecule has 0 radical (unpaired) electrons. The summed E-state index contributed by atoms with van der Waals surface area (Å²) < 4.78 is 0. The Morgan fingerprint density at radius 2 is 2.31 bits per heavy atom. The van der Waals surface area contributed by atoms with Crippen LogP contribution in [0.15, 0.2) is 11.4 Å². The van der Waals surface area contributed by atoms with Gasteiger partial charge in [0, 0.05) is 17.0 Å². The van der Waals surface area contributed by atoms with Gasteiger partial charge in [0.1, 0.15) is 0 Å². The predicted molar refractivity (Wildman–Crippen MR) is 56.6 cm³/mol. The maximum atomic E-state index is 10.2. The summed E-state index contributed by atoms with van der Waals surface area (Å²) in [6, 6.07) is 1.85. The van der Waals surface area contributed by atoms with E-state index in [9.17, 15) is 4.79 Å². The molecule has 0 atom stereocenters. The molecule has 1 heterocycles. The van der Waals surface area contributed by atoms with Gasteiger partial charge in [0.05, 0.1) is 0 Å². The van der Waals surface area contributed by atoms with Crippen molar-refractivity contribution in [3.63, 3.8) is 0 Å². The minimum absolute atomic E-state index is 0. The molecule has 5 heteroatoms. The number of aliphatic carboxylic acids is 1. The van der Waals surface area contributed by atoms with Crippen molar-refractivity contribution in [2.45, 2.75) is 19.3 Å². The minimum atomic E-state index is -0.745. The van der Waals surface area contributed by atoms with Crippen LogP contribution < -0.4 is 5.73 Å². The van der Waals surface area contributed by atoms with Gasteiger partial charge in [0.25, 0.3) is 0 Å². The first kappa shape index (κ1) is 12.3. The van der Waals surface area contributed by atoms with Crippen LogP contribution in [0.25, 0.3) is 0 Å². The van der Waals surface area contributed by atoms with Crippen molar-refractivity contribution in [3.8, 4) is 0 Å². The van der Waals surface area contributed by atoms with E-state index in [0.717, 1.165) is 17.0 Å². The van der Waals surface area contributed by atoms with E-state index in [2.05, 4.69) is 0 Å². The standard InChI is InChI=1S/C8H11NO2S.ClH/c9-6-4-5-12-7(6)2-1-3-8(10)11;/h4-5H,1-3,9H2,(H,10,11);1H. The van der Waals surface area contributed by atoms with Crippen molar-refractivity contribution in [1.29, 1.82) is 0 Å². The number of anilines is 1. The molecule has 3 nitrogen and oxygen atoms in total. The number of nitrogens with two attached hydrogens (primary N) is 1. The van der Waals surface area contributed by atoms with Crippen molar-refractivity contribution in [2.75, 3.05) is 5.73 Å². The summed E-state index contributed by atoms with van der Waals surface area (Å²) in [5.74, 6) is -0.745. The third-order valence-electron chi connectivity index (χ3n) is 1.57. The van der Waals surface area contributed by atoms with E-state index in [4.69, 9.17) is 10.8 Å². The Bertz CT molecular complexity index is 275. The fourth-order valence-corrected chi connectivity index (χ4v) is 1.80. The van der Waals surface area contributed by atoms with Crippen LogP contribution in [-0.4, -0.2) is 11.1 Å². The highest BCUT2D eigenvalue weighted by Crippen LogP contribution is 2.20. The molecule has 1 rings (SSSR count). The number of hydrogen-bond acceptors (Lipinski definition) is 3. The number of hydrogen-bond donors (Lipinski definition) is 2. The lowest BCUT2D eigenvalue weighted by Crippen LogP contribution is -1.96. The third kappa shape index (κ3) is 4.15. The van der Waals surface area contributed by atoms with Crippen LogP contribution in [0.5, 0.6) is 0 Å². The fourth-order valence-electron chi connectivity index (χ4n) is 0.954. The van der Waals surface area contributed by atoms with Crippen molar-refractivity contribution in [3.05, 3.63) is 16.3 Å². The Kier molecular flexibility index (Phi) is 5.50. The molecule has 0 amide bonds. The van der Waals surface area contributed by atoms with Gasteiger partial charge >= 0.3 is 5.97 Å². The summed E-state index contributed by atoms with van der Waals surface area (Å²) in [5.41, 5.74) is 6.40. The van der Waals surface area contributed by atoms with Gasteiger partial charge in [-0.3, -0.25) is 4.79 Å². The maximum Gasteiger partial charge on any atom is 0.303 e. The Morgan fingerprint density at radius 3 is 2.77 bits per heavy atom. The van der Waals surface area contributed by atoms with Gasteiger partial charge in [-0.1, -0.05) is 0 Å². The number of thiophene rings is 1. The Hall–Kier alpha value is -0.740. The lowest BCUT2D eigenvalue weighted by Gasteiger charge is -1.96. The predicted octanol–water partition coefficient (Wildman–Crippen LogP) is 2.16. The molecule has 3 N–H and O–H groups in total. The molecule has 1 aromatic heterocycles. The van der Waals surface area contributed by atoms with E-state index < -0.39 is 5.97 Å². The number of carbonyl (C=O) groups is 1. The van der Waals surface area contributed by atoms with E-state index >= 15 is 0 Å². The maximum absolute atomic E-state index is 10.2. The molecule has 0 saturated carbocycles. The first-order valence-electron chi connectivity index (χ1n) is 3.74. The zero-order valence-corrected chi connectivity index (χ0v) is 8.66. The summed E-state index contributed by atoms with van der Waals surface area (Å²) in [5, 5.41) is 10.3. The van der Waals surface area contributed by atoms with E-state index in [1.807, 2.05) is 11.4 Å². The topological polar surface area (TPSA) is 63.3 Å². The molecule has 0 aliphatic rings. The number of halogens is 1. The summed E-state index contributed by atoms with van der Waals surface area (Å²) in [6.07, 6.45) is 1.66. The van der Waals surface area contributed by atoms with E-state index in [-0.39, 0.29) is 18.8 Å². The van der Waals surface area contributed by atoms with Gasteiger partial charge in [-0.05, 0) is 24.3 Å². The van der Waals surface area contributed by atoms with Crippen molar-refractivity contribution in [1.82, 2.24) is 0 Å². The molecule has 0 unspecified atom stereocenters. The zero-order valence-electron chi connectivity index (χ0n) is 7.03. The van der Waals surface area contributed by atoms with Gasteiger partial charge in [0.15, 0.2) is 0 Å². The van der Waals surface area contributed by atoms with Crippen molar-refractivity contribution >= 4 is 35.4 Å². The lowest BCUT2D eigenvalue weighted by molar-refractivity contribution is -0.137. The third-order valence-corrected chi connectivity index (χ3v) is 2.57. The summed E-state index contributed by atoms with van der Waals surface area (Å²) in [6.45, 7) is 0. The average molecular weight is 222 g/mol. The van der Waals surface area contributed by atoms with Crippen LogP contribution in [-0.2, 0) is 11.2 Å². The highest BCUT2D eigenvalue weighted by Gasteiger charge is 2.02. The summed E-state index contributed by atoms with van der Waals surface area (Å²) in [7, 11) is 0. The van der Waals surface area contributed by atoms with E-state index in [1.54, 1.807) is 11.3 Å². The van der Waals surface area contributed by atoms with Gasteiger partial charge in [-0.2, -0.15) is 0 Å². The monoisotopic (exact) mass is 221 g/mol. The Morgan fingerprint density at radius 1 is 1.62 bits per heavy atom. The highest BCUT2D eigenvalue weighted by molar-refractivity contribution is 7.10. The summed E-state index contributed by atoms with van der Waals surface area (Å²) in [4.78, 5) is 11.3. The summed E-state index contributed by atoms with van der Waals surface area (Å²) >= 11 is 1.58. The van der Waals surface area contributed by atoms with Crippen molar-refractivity contribution in [2.24, 2.45) is 0 Å². The van der Waals surface area contributed by atoms with Gasteiger partial charge < -0.3 is 10.8 Å². The molecular weight excluding hydrogens is 210 g/mol. The lowest BCUT2D eigenvalue weighted by atomic mass is 10.2. The van der Waals surface area contributed by atoms with Crippen LogP contribution in [0.4, 0.5) is 5.69 Å². The smallest absolute Gasteiger partial charge is 0.303 e. The van der Waals surface area contributed by atoms with Crippen LogP contribution in [0.1, 0.15) is 17.7 Å². The molecule has 0 saturated heterocycles. The number of carboxylic acid groups (broad SMARTS) is 1. The van der Waals surface area contributed by atoms with Gasteiger partial charge in [-0.25, -0.2) is 0 Å². The van der Waals surface area contributed by atoms with E-state index in [1.165, 1.54) is 0 Å². The fraction of sp³-hybridized carbons (Fsp3) is 0.375. The largest absolute Gasteiger partial charge is 0.481 e. The second-order valence-corrected chi connectivity index (χ2v) is 3.55. The van der Waals surface area contributed by atoms with Crippen molar-refractivity contribution < 1.29 is 9.90 Å². The molecule has 74 valence electrons. The molecule has 0 bridgehead atoms. The highest BCUT2D eigenvalue weighted by atomic mass is 35.5. The van der Waals surface area contributed by atoms with Crippen LogP contribution in [0.3, 0.4) is 0 Å². The van der Waals surface area contributed by atoms with Crippen LogP contribution in [0.2, 0.25) is 0 Å². The van der Waals surface area contributed by atoms with Gasteiger partial charge in [0.2, 0.25) is 0 Å². The number of nitrogen functional groups attached to an aromatic ring is 1. The Balaban J connectivity index is 0.00000144. The van der Waals surface area contributed by atoms with Crippen LogP contribution in [0, 0.1) is 0 Å². The second-order valence-electron chi connectivity index (χ2n) is 2.55. The molecule has 0 aliphatic heterocycles. The second kappa shape index (κ2) is 5.83. The Labute approximate surface area is 87.0 Å². The molecule has 0 aromatic carbocycles. The molecule has 0 aliphatic carbocycles. The SMILES string of the molecule is Cl.Nc1ccsc1CCCC(=O)O. The molecule has 13 heavy (non-hydrogen) atoms. The first-order valence-corrected chi connectivity index (χ1v) is 4.62. The van der Waals surface area contributed by atoms with Gasteiger partial charge in [-0.15, -0.1) is 23.7 Å². The number of rotatable bonds is 4. The number of carboxylic acids is 1. The van der Waals surface area contributed by atoms with E-state index in [0.29, 0.717) is 6.42 Å². The molecule has 0 spiro atoms. The quantitative estimate of drug-likeness (QED) is 0.819. The first-order chi connectivity index (χ1) is 5.70. The zero-order chi connectivity index (χ0) is 8.97. The average Bonchev–Trinajstić information content (AvgIpc) is 2.36. The molecular formula is C8H12ClNO2S. The number of aryl methyl sites for hydroxylation is 1. The molecule has 0 fully saturated rings. The minimum Gasteiger partial charge on any atom is -0.481 e. The van der Waals surface area contributed by atoms with Crippen LogP contribution >= 0.6 is 23.7 Å². The normalized spacial score (nSPS) is 9.23. The molecule has 1 aromatic rings.